The second kappa shape index (κ2) is 8.22. The van der Waals surface area contributed by atoms with Gasteiger partial charge < -0.3 is 9.66 Å². The Balaban J connectivity index is 1.82. The number of benzene rings is 2. The van der Waals surface area contributed by atoms with Crippen LogP contribution in [0.5, 0.6) is 0 Å². The summed E-state index contributed by atoms with van der Waals surface area (Å²) in [5.41, 5.74) is 1.91. The Morgan fingerprint density at radius 1 is 1.14 bits per heavy atom. The van der Waals surface area contributed by atoms with Gasteiger partial charge in [0, 0.05) is 11.1 Å². The fraction of sp³-hybridized carbons (Fsp3) is 0.235. The number of aryl methyl sites for hydroxylation is 1. The summed E-state index contributed by atoms with van der Waals surface area (Å²) < 4.78 is 12.1. The topological polar surface area (TPSA) is 60.4 Å². The molecule has 1 N–H and O–H groups in total. The molecule has 0 saturated carbocycles. The highest BCUT2D eigenvalue weighted by Crippen LogP contribution is 2.18. The van der Waals surface area contributed by atoms with Crippen LogP contribution in [0.3, 0.4) is 0 Å². The van der Waals surface area contributed by atoms with Crippen molar-refractivity contribution < 1.29 is 14.5 Å². The van der Waals surface area contributed by atoms with Crippen LogP contribution in [0.15, 0.2) is 53.4 Å². The van der Waals surface area contributed by atoms with Gasteiger partial charge in [-0.15, -0.1) is 0 Å². The van der Waals surface area contributed by atoms with E-state index in [4.69, 9.17) is 16.7 Å². The molecule has 22 heavy (non-hydrogen) atoms. The van der Waals surface area contributed by atoms with Crippen molar-refractivity contribution in [3.63, 3.8) is 0 Å². The standard InChI is InChI=1S/C17H17ClO3S/c18-15-4-1-5-16(12-15)22(21)10-2-3-13-6-8-14(9-7-13)11-17(19)20/h1,4-9,12H,2-3,10-11H2,(H,19,20). The molecule has 0 saturated heterocycles. The van der Waals surface area contributed by atoms with Gasteiger partial charge in [-0.3, -0.25) is 4.79 Å². The lowest BCUT2D eigenvalue weighted by Crippen LogP contribution is -2.08. The molecule has 0 fully saturated rings. The molecule has 0 aliphatic heterocycles. The molecule has 3 nitrogen and oxygen atoms in total. The molecular formula is C17H17ClO3S. The normalized spacial score (nSPS) is 12.1. The summed E-state index contributed by atoms with van der Waals surface area (Å²) in [4.78, 5) is 11.4. The van der Waals surface area contributed by atoms with Gasteiger partial charge in [-0.2, -0.15) is 0 Å². The molecule has 116 valence electrons. The van der Waals surface area contributed by atoms with Crippen LogP contribution in [-0.2, 0) is 28.8 Å². The molecule has 0 amide bonds. The molecule has 0 spiro atoms. The van der Waals surface area contributed by atoms with Crippen molar-refractivity contribution in [2.75, 3.05) is 5.75 Å². The number of rotatable bonds is 7. The molecule has 2 aromatic rings. The summed E-state index contributed by atoms with van der Waals surface area (Å²) in [6.07, 6.45) is 1.66. The first kappa shape index (κ1) is 16.9. The lowest BCUT2D eigenvalue weighted by molar-refractivity contribution is -0.136. The van der Waals surface area contributed by atoms with Crippen LogP contribution < -0.4 is 0 Å². The van der Waals surface area contributed by atoms with Gasteiger partial charge in [0.1, 0.15) is 5.75 Å². The van der Waals surface area contributed by atoms with E-state index in [1.807, 2.05) is 30.3 Å². The van der Waals surface area contributed by atoms with E-state index < -0.39 is 17.1 Å². The molecule has 0 bridgehead atoms. The molecule has 1 atom stereocenters. The van der Waals surface area contributed by atoms with Gasteiger partial charge in [-0.25, -0.2) is 0 Å². The first-order chi connectivity index (χ1) is 10.5. The van der Waals surface area contributed by atoms with Crippen molar-refractivity contribution in [2.24, 2.45) is 0 Å². The Kier molecular flexibility index (Phi) is 6.31. The first-order valence-electron chi connectivity index (χ1n) is 6.98. The average molecular weight is 337 g/mol. The fourth-order valence-electron chi connectivity index (χ4n) is 2.13. The van der Waals surface area contributed by atoms with Crippen LogP contribution in [-0.4, -0.2) is 21.4 Å². The molecule has 5 heteroatoms. The Labute approximate surface area is 138 Å². The highest BCUT2D eigenvalue weighted by molar-refractivity contribution is 7.91. The summed E-state index contributed by atoms with van der Waals surface area (Å²) in [5.74, 6) is -0.248. The smallest absolute Gasteiger partial charge is 0.307 e. The Morgan fingerprint density at radius 2 is 1.82 bits per heavy atom. The highest BCUT2D eigenvalue weighted by Gasteiger charge is 2.11. The number of aliphatic carboxylic acids is 1. The lowest BCUT2D eigenvalue weighted by Gasteiger charge is -2.10. The molecule has 0 aliphatic rings. The SMILES string of the molecule is O=C(O)Cc1ccc(CCC[S+]([O-])c2cccc(Cl)c2)cc1. The van der Waals surface area contributed by atoms with Gasteiger partial charge in [0.05, 0.1) is 6.42 Å². The van der Waals surface area contributed by atoms with Gasteiger partial charge >= 0.3 is 5.97 Å². The maximum atomic E-state index is 12.1. The van der Waals surface area contributed by atoms with Gasteiger partial charge in [-0.1, -0.05) is 41.9 Å². The van der Waals surface area contributed by atoms with Crippen LogP contribution in [0.1, 0.15) is 17.5 Å². The van der Waals surface area contributed by atoms with Crippen molar-refractivity contribution in [2.45, 2.75) is 24.2 Å². The molecule has 2 aromatic carbocycles. The molecule has 2 rings (SSSR count). The minimum atomic E-state index is -1.04. The summed E-state index contributed by atoms with van der Waals surface area (Å²) in [6.45, 7) is 0. The first-order valence-corrected chi connectivity index (χ1v) is 8.68. The zero-order valence-electron chi connectivity index (χ0n) is 12.0. The van der Waals surface area contributed by atoms with Crippen LogP contribution in [0, 0.1) is 0 Å². The quantitative estimate of drug-likeness (QED) is 0.784. The highest BCUT2D eigenvalue weighted by atomic mass is 35.5. The summed E-state index contributed by atoms with van der Waals surface area (Å²) in [6, 6.07) is 14.6. The van der Waals surface area contributed by atoms with E-state index in [-0.39, 0.29) is 6.42 Å². The minimum Gasteiger partial charge on any atom is -0.611 e. The Hall–Kier alpha value is -1.49. The minimum absolute atomic E-state index is 0.0407. The van der Waals surface area contributed by atoms with Gasteiger partial charge in [0.2, 0.25) is 0 Å². The monoisotopic (exact) mass is 336 g/mol. The predicted molar refractivity (Wildman–Crippen MR) is 88.8 cm³/mol. The van der Waals surface area contributed by atoms with Crippen molar-refractivity contribution in [3.8, 4) is 0 Å². The summed E-state index contributed by atoms with van der Waals surface area (Å²) >= 11 is 4.85. The van der Waals surface area contributed by atoms with E-state index >= 15 is 0 Å². The van der Waals surface area contributed by atoms with Crippen LogP contribution in [0.4, 0.5) is 0 Å². The zero-order valence-corrected chi connectivity index (χ0v) is 13.6. The third-order valence-electron chi connectivity index (χ3n) is 3.23. The van der Waals surface area contributed by atoms with Gasteiger partial charge in [-0.05, 0) is 47.3 Å². The van der Waals surface area contributed by atoms with E-state index in [9.17, 15) is 9.35 Å². The zero-order chi connectivity index (χ0) is 15.9. The second-order valence-corrected chi connectivity index (χ2v) is 7.00. The number of hydrogen-bond donors (Lipinski definition) is 1. The number of carbonyl (C=O) groups is 1. The molecule has 0 heterocycles. The van der Waals surface area contributed by atoms with Crippen molar-refractivity contribution >= 4 is 28.7 Å². The molecule has 1 unspecified atom stereocenters. The van der Waals surface area contributed by atoms with E-state index in [0.29, 0.717) is 10.8 Å². The molecule has 0 aliphatic carbocycles. The van der Waals surface area contributed by atoms with Crippen LogP contribution in [0.25, 0.3) is 0 Å². The predicted octanol–water partition coefficient (Wildman–Crippen LogP) is 3.71. The third-order valence-corrected chi connectivity index (χ3v) is 4.91. The van der Waals surface area contributed by atoms with Gasteiger partial charge in [0.25, 0.3) is 0 Å². The average Bonchev–Trinajstić information content (AvgIpc) is 2.48. The van der Waals surface area contributed by atoms with Crippen molar-refractivity contribution in [1.82, 2.24) is 0 Å². The fourth-order valence-corrected chi connectivity index (χ4v) is 3.52. The number of halogens is 1. The van der Waals surface area contributed by atoms with Crippen molar-refractivity contribution in [1.29, 1.82) is 0 Å². The Bertz CT molecular complexity index is 628. The third kappa shape index (κ3) is 5.37. The van der Waals surface area contributed by atoms with Gasteiger partial charge in [0.15, 0.2) is 4.90 Å². The number of carboxylic acid groups (broad SMARTS) is 1. The maximum Gasteiger partial charge on any atom is 0.307 e. The van der Waals surface area contributed by atoms with Crippen LogP contribution in [0.2, 0.25) is 5.02 Å². The molecular weight excluding hydrogens is 320 g/mol. The van der Waals surface area contributed by atoms with Crippen molar-refractivity contribution in [3.05, 3.63) is 64.7 Å². The van der Waals surface area contributed by atoms with E-state index in [2.05, 4.69) is 0 Å². The van der Waals surface area contributed by atoms with E-state index in [0.717, 1.165) is 28.9 Å². The second-order valence-electron chi connectivity index (χ2n) is 5.00. The van der Waals surface area contributed by atoms with Crippen LogP contribution >= 0.6 is 11.6 Å². The Morgan fingerprint density at radius 3 is 2.45 bits per heavy atom. The number of carboxylic acids is 1. The molecule has 0 radical (unpaired) electrons. The van der Waals surface area contributed by atoms with E-state index in [1.54, 1.807) is 18.2 Å². The largest absolute Gasteiger partial charge is 0.611 e. The maximum absolute atomic E-state index is 12.1. The lowest BCUT2D eigenvalue weighted by atomic mass is 10.1. The summed E-state index contributed by atoms with van der Waals surface area (Å²) in [5, 5.41) is 9.32. The molecule has 0 aromatic heterocycles. The van der Waals surface area contributed by atoms with E-state index in [1.165, 1.54) is 0 Å². The summed E-state index contributed by atoms with van der Waals surface area (Å²) in [7, 11) is 0. The number of hydrogen-bond acceptors (Lipinski definition) is 2.